The van der Waals surface area contributed by atoms with Crippen LogP contribution in [0.4, 0.5) is 4.39 Å². The molecule has 1 aromatic rings. The van der Waals surface area contributed by atoms with Crippen molar-refractivity contribution in [2.24, 2.45) is 16.6 Å². The van der Waals surface area contributed by atoms with Crippen LogP contribution in [-0.4, -0.2) is 5.84 Å². The Kier molecular flexibility index (Phi) is 3.83. The lowest BCUT2D eigenvalue weighted by molar-refractivity contribution is 0.622. The second-order valence-corrected chi connectivity index (χ2v) is 3.94. The molecule has 0 aromatic heterocycles. The van der Waals surface area contributed by atoms with Gasteiger partial charge in [0.05, 0.1) is 11.9 Å². The van der Waals surface area contributed by atoms with E-state index in [2.05, 4.69) is 4.99 Å². The molecular formula is C12H17FN2. The minimum atomic E-state index is -0.238. The summed E-state index contributed by atoms with van der Waals surface area (Å²) < 4.78 is 12.9. The van der Waals surface area contributed by atoms with E-state index in [0.29, 0.717) is 5.84 Å². The fourth-order valence-corrected chi connectivity index (χ4v) is 1.21. The third-order valence-electron chi connectivity index (χ3n) is 2.27. The van der Waals surface area contributed by atoms with Gasteiger partial charge in [0.15, 0.2) is 0 Å². The highest BCUT2D eigenvalue weighted by Gasteiger charge is 2.06. The van der Waals surface area contributed by atoms with E-state index in [1.54, 1.807) is 6.07 Å². The SMILES string of the molecule is CC(C)C(N)=NC(C)c1cccc(F)c1. The molecule has 0 heterocycles. The zero-order valence-corrected chi connectivity index (χ0v) is 9.37. The molecule has 0 spiro atoms. The first-order valence-electron chi connectivity index (χ1n) is 5.09. The molecule has 0 saturated heterocycles. The predicted molar refractivity (Wildman–Crippen MR) is 61.3 cm³/mol. The molecule has 0 amide bonds. The molecule has 1 atom stereocenters. The van der Waals surface area contributed by atoms with Gasteiger partial charge in [-0.2, -0.15) is 0 Å². The van der Waals surface area contributed by atoms with Crippen molar-refractivity contribution in [1.82, 2.24) is 0 Å². The maximum Gasteiger partial charge on any atom is 0.123 e. The number of benzene rings is 1. The second-order valence-electron chi connectivity index (χ2n) is 3.94. The fourth-order valence-electron chi connectivity index (χ4n) is 1.21. The Morgan fingerprint density at radius 2 is 2.00 bits per heavy atom. The Balaban J connectivity index is 2.86. The average Bonchev–Trinajstić information content (AvgIpc) is 2.17. The summed E-state index contributed by atoms with van der Waals surface area (Å²) in [6.45, 7) is 5.87. The lowest BCUT2D eigenvalue weighted by Gasteiger charge is -2.10. The van der Waals surface area contributed by atoms with Crippen LogP contribution in [0.25, 0.3) is 0 Å². The van der Waals surface area contributed by atoms with Crippen molar-refractivity contribution < 1.29 is 4.39 Å². The molecule has 0 aliphatic carbocycles. The van der Waals surface area contributed by atoms with Gasteiger partial charge in [-0.1, -0.05) is 26.0 Å². The molecular weight excluding hydrogens is 191 g/mol. The van der Waals surface area contributed by atoms with Crippen LogP contribution >= 0.6 is 0 Å². The molecule has 3 heteroatoms. The fraction of sp³-hybridized carbons (Fsp3) is 0.417. The number of nitrogens with zero attached hydrogens (tertiary/aromatic N) is 1. The quantitative estimate of drug-likeness (QED) is 0.602. The number of halogens is 1. The molecule has 82 valence electrons. The van der Waals surface area contributed by atoms with E-state index in [4.69, 9.17) is 5.73 Å². The van der Waals surface area contributed by atoms with Gasteiger partial charge in [0, 0.05) is 5.92 Å². The second kappa shape index (κ2) is 4.91. The number of hydrogen-bond acceptors (Lipinski definition) is 1. The summed E-state index contributed by atoms with van der Waals surface area (Å²) in [5.74, 6) is 0.588. The van der Waals surface area contributed by atoms with E-state index in [9.17, 15) is 4.39 Å². The van der Waals surface area contributed by atoms with E-state index in [1.165, 1.54) is 12.1 Å². The first-order valence-corrected chi connectivity index (χ1v) is 5.09. The Morgan fingerprint density at radius 1 is 1.33 bits per heavy atom. The third-order valence-corrected chi connectivity index (χ3v) is 2.27. The third kappa shape index (κ3) is 3.35. The van der Waals surface area contributed by atoms with E-state index < -0.39 is 0 Å². The van der Waals surface area contributed by atoms with Crippen molar-refractivity contribution in [2.75, 3.05) is 0 Å². The molecule has 1 aromatic carbocycles. The van der Waals surface area contributed by atoms with Crippen LogP contribution in [0, 0.1) is 11.7 Å². The average molecular weight is 208 g/mol. The summed E-state index contributed by atoms with van der Waals surface area (Å²) in [5.41, 5.74) is 6.59. The summed E-state index contributed by atoms with van der Waals surface area (Å²) in [6.07, 6.45) is 0. The van der Waals surface area contributed by atoms with Crippen molar-refractivity contribution in [3.05, 3.63) is 35.6 Å². The smallest absolute Gasteiger partial charge is 0.123 e. The predicted octanol–water partition coefficient (Wildman–Crippen LogP) is 2.90. The number of nitrogens with two attached hydrogens (primary N) is 1. The van der Waals surface area contributed by atoms with Gasteiger partial charge in [-0.25, -0.2) is 4.39 Å². The van der Waals surface area contributed by atoms with Crippen LogP contribution in [-0.2, 0) is 0 Å². The molecule has 0 aliphatic rings. The van der Waals surface area contributed by atoms with Crippen molar-refractivity contribution in [1.29, 1.82) is 0 Å². The Morgan fingerprint density at radius 3 is 2.53 bits per heavy atom. The number of rotatable bonds is 3. The number of aliphatic imine (C=N–C) groups is 1. The molecule has 0 aliphatic heterocycles. The van der Waals surface area contributed by atoms with Gasteiger partial charge in [-0.15, -0.1) is 0 Å². The molecule has 2 N–H and O–H groups in total. The van der Waals surface area contributed by atoms with Crippen molar-refractivity contribution >= 4 is 5.84 Å². The zero-order chi connectivity index (χ0) is 11.4. The van der Waals surface area contributed by atoms with E-state index >= 15 is 0 Å². The Bertz CT molecular complexity index is 358. The first kappa shape index (κ1) is 11.7. The van der Waals surface area contributed by atoms with Gasteiger partial charge in [-0.3, -0.25) is 4.99 Å². The molecule has 1 rings (SSSR count). The zero-order valence-electron chi connectivity index (χ0n) is 9.37. The Labute approximate surface area is 90.0 Å². The summed E-state index contributed by atoms with van der Waals surface area (Å²) in [4.78, 5) is 4.32. The van der Waals surface area contributed by atoms with Crippen LogP contribution in [0.1, 0.15) is 32.4 Å². The Hall–Kier alpha value is -1.38. The summed E-state index contributed by atoms with van der Waals surface area (Å²) in [5, 5.41) is 0. The maximum atomic E-state index is 12.9. The minimum absolute atomic E-state index is 0.0944. The lowest BCUT2D eigenvalue weighted by atomic mass is 10.1. The van der Waals surface area contributed by atoms with Gasteiger partial charge >= 0.3 is 0 Å². The molecule has 2 nitrogen and oxygen atoms in total. The summed E-state index contributed by atoms with van der Waals surface area (Å²) in [6, 6.07) is 6.35. The van der Waals surface area contributed by atoms with Crippen LogP contribution in [0.5, 0.6) is 0 Å². The van der Waals surface area contributed by atoms with Crippen LogP contribution in [0.15, 0.2) is 29.3 Å². The molecule has 0 saturated carbocycles. The van der Waals surface area contributed by atoms with Crippen molar-refractivity contribution in [3.8, 4) is 0 Å². The topological polar surface area (TPSA) is 38.4 Å². The van der Waals surface area contributed by atoms with Crippen molar-refractivity contribution in [2.45, 2.75) is 26.8 Å². The normalized spacial score (nSPS) is 14.3. The van der Waals surface area contributed by atoms with Gasteiger partial charge in [-0.05, 0) is 24.6 Å². The van der Waals surface area contributed by atoms with Crippen LogP contribution < -0.4 is 5.73 Å². The van der Waals surface area contributed by atoms with E-state index in [0.717, 1.165) is 5.56 Å². The van der Waals surface area contributed by atoms with Gasteiger partial charge < -0.3 is 5.73 Å². The van der Waals surface area contributed by atoms with E-state index in [1.807, 2.05) is 26.8 Å². The molecule has 0 bridgehead atoms. The first-order chi connectivity index (χ1) is 7.00. The van der Waals surface area contributed by atoms with Gasteiger partial charge in [0.2, 0.25) is 0 Å². The summed E-state index contributed by atoms with van der Waals surface area (Å²) >= 11 is 0. The summed E-state index contributed by atoms with van der Waals surface area (Å²) in [7, 11) is 0. The number of hydrogen-bond donors (Lipinski definition) is 1. The van der Waals surface area contributed by atoms with Gasteiger partial charge in [0.1, 0.15) is 5.82 Å². The highest BCUT2D eigenvalue weighted by Crippen LogP contribution is 2.17. The van der Waals surface area contributed by atoms with E-state index in [-0.39, 0.29) is 17.8 Å². The lowest BCUT2D eigenvalue weighted by Crippen LogP contribution is -2.19. The molecule has 1 unspecified atom stereocenters. The van der Waals surface area contributed by atoms with Gasteiger partial charge in [0.25, 0.3) is 0 Å². The number of amidine groups is 1. The maximum absolute atomic E-state index is 12.9. The minimum Gasteiger partial charge on any atom is -0.387 e. The molecule has 0 radical (unpaired) electrons. The van der Waals surface area contributed by atoms with Crippen LogP contribution in [0.3, 0.4) is 0 Å². The van der Waals surface area contributed by atoms with Crippen molar-refractivity contribution in [3.63, 3.8) is 0 Å². The standard InChI is InChI=1S/C12H17FN2/c1-8(2)12(14)15-9(3)10-5-4-6-11(13)7-10/h4-9H,1-3H3,(H2,14,15). The molecule has 0 fully saturated rings. The highest BCUT2D eigenvalue weighted by molar-refractivity contribution is 5.82. The van der Waals surface area contributed by atoms with Crippen LogP contribution in [0.2, 0.25) is 0 Å². The highest BCUT2D eigenvalue weighted by atomic mass is 19.1. The molecule has 15 heavy (non-hydrogen) atoms. The largest absolute Gasteiger partial charge is 0.387 e. The monoisotopic (exact) mass is 208 g/mol.